The lowest BCUT2D eigenvalue weighted by atomic mass is 10.0. The van der Waals surface area contributed by atoms with Crippen LogP contribution in [0.4, 0.5) is 0 Å². The molecule has 2 heterocycles. The second-order valence-electron chi connectivity index (χ2n) is 8.37. The molecule has 1 aliphatic heterocycles. The Balaban J connectivity index is 1.48. The first-order chi connectivity index (χ1) is 14.6. The predicted octanol–water partition coefficient (Wildman–Crippen LogP) is 2.42. The second kappa shape index (κ2) is 9.43. The van der Waals surface area contributed by atoms with Crippen LogP contribution in [0.25, 0.3) is 11.3 Å². The van der Waals surface area contributed by atoms with Gasteiger partial charge >= 0.3 is 0 Å². The molecule has 7 heteroatoms. The van der Waals surface area contributed by atoms with E-state index in [0.717, 1.165) is 62.1 Å². The first-order valence-electron chi connectivity index (χ1n) is 11.0. The lowest BCUT2D eigenvalue weighted by Crippen LogP contribution is -2.46. The summed E-state index contributed by atoms with van der Waals surface area (Å²) in [6.45, 7) is 5.36. The average Bonchev–Trinajstić information content (AvgIpc) is 3.40. The molecule has 30 heavy (non-hydrogen) atoms. The smallest absolute Gasteiger partial charge is 0.225 e. The Kier molecular flexibility index (Phi) is 6.47. The van der Waals surface area contributed by atoms with Gasteiger partial charge in [-0.15, -0.1) is 0 Å². The molecule has 1 aromatic heterocycles. The van der Waals surface area contributed by atoms with Gasteiger partial charge in [-0.3, -0.25) is 19.6 Å². The molecule has 0 radical (unpaired) electrons. The highest BCUT2D eigenvalue weighted by Crippen LogP contribution is 2.31. The van der Waals surface area contributed by atoms with E-state index in [1.807, 2.05) is 29.3 Å². The largest absolute Gasteiger partial charge is 0.355 e. The number of amides is 2. The Morgan fingerprint density at radius 2 is 1.97 bits per heavy atom. The van der Waals surface area contributed by atoms with Crippen LogP contribution in [-0.4, -0.2) is 64.0 Å². The van der Waals surface area contributed by atoms with Crippen LogP contribution in [0.2, 0.25) is 0 Å². The third-order valence-corrected chi connectivity index (χ3v) is 6.40. The van der Waals surface area contributed by atoms with Crippen molar-refractivity contribution in [2.45, 2.75) is 45.2 Å². The maximum absolute atomic E-state index is 12.8. The number of nitrogens with one attached hydrogen (secondary N) is 2. The van der Waals surface area contributed by atoms with E-state index in [1.165, 1.54) is 0 Å². The first-order valence-corrected chi connectivity index (χ1v) is 11.0. The van der Waals surface area contributed by atoms with Gasteiger partial charge in [-0.2, -0.15) is 5.10 Å². The summed E-state index contributed by atoms with van der Waals surface area (Å²) in [6.07, 6.45) is 5.60. The summed E-state index contributed by atoms with van der Waals surface area (Å²) in [5.74, 6) is 0.101. The highest BCUT2D eigenvalue weighted by atomic mass is 16.2. The van der Waals surface area contributed by atoms with Gasteiger partial charge in [0.2, 0.25) is 11.8 Å². The van der Waals surface area contributed by atoms with E-state index in [4.69, 9.17) is 0 Å². The summed E-state index contributed by atoms with van der Waals surface area (Å²) in [7, 11) is 0. The third-order valence-electron chi connectivity index (χ3n) is 6.40. The summed E-state index contributed by atoms with van der Waals surface area (Å²) in [5, 5.41) is 10.5. The molecule has 160 valence electrons. The molecule has 1 saturated heterocycles. The Bertz CT molecular complexity index is 865. The van der Waals surface area contributed by atoms with Gasteiger partial charge in [0.05, 0.1) is 17.8 Å². The fraction of sp³-hybridized carbons (Fsp3) is 0.522. The molecular formula is C23H31N5O2. The molecule has 1 aliphatic carbocycles. The van der Waals surface area contributed by atoms with Gasteiger partial charge in [-0.25, -0.2) is 0 Å². The van der Waals surface area contributed by atoms with Gasteiger partial charge in [0.25, 0.3) is 0 Å². The molecule has 4 rings (SSSR count). The zero-order valence-electron chi connectivity index (χ0n) is 17.6. The quantitative estimate of drug-likeness (QED) is 0.816. The monoisotopic (exact) mass is 409 g/mol. The molecule has 1 aromatic carbocycles. The Labute approximate surface area is 177 Å². The van der Waals surface area contributed by atoms with Crippen molar-refractivity contribution in [3.63, 3.8) is 0 Å². The van der Waals surface area contributed by atoms with Crippen molar-refractivity contribution >= 4 is 11.8 Å². The molecule has 2 aliphatic rings. The van der Waals surface area contributed by atoms with Crippen LogP contribution in [0.1, 0.15) is 38.2 Å². The van der Waals surface area contributed by atoms with Crippen molar-refractivity contribution in [2.75, 3.05) is 26.2 Å². The third kappa shape index (κ3) is 4.56. The number of rotatable bonds is 3. The Hall–Kier alpha value is -2.67. The van der Waals surface area contributed by atoms with E-state index < -0.39 is 0 Å². The minimum absolute atomic E-state index is 0.0487. The van der Waals surface area contributed by atoms with Crippen molar-refractivity contribution in [1.82, 2.24) is 25.3 Å². The predicted molar refractivity (Wildman–Crippen MR) is 115 cm³/mol. The average molecular weight is 410 g/mol. The zero-order valence-corrected chi connectivity index (χ0v) is 17.6. The molecule has 2 unspecified atom stereocenters. The van der Waals surface area contributed by atoms with Crippen molar-refractivity contribution in [1.29, 1.82) is 0 Å². The van der Waals surface area contributed by atoms with Gasteiger partial charge < -0.3 is 10.2 Å². The molecule has 2 atom stereocenters. The van der Waals surface area contributed by atoms with Gasteiger partial charge in [0.1, 0.15) is 0 Å². The summed E-state index contributed by atoms with van der Waals surface area (Å²) in [6, 6.07) is 10.3. The Morgan fingerprint density at radius 1 is 1.13 bits per heavy atom. The van der Waals surface area contributed by atoms with E-state index in [2.05, 4.69) is 32.5 Å². The molecule has 7 nitrogen and oxygen atoms in total. The zero-order chi connectivity index (χ0) is 20.9. The molecule has 1 saturated carbocycles. The van der Waals surface area contributed by atoms with Crippen LogP contribution in [-0.2, 0) is 16.1 Å². The minimum Gasteiger partial charge on any atom is -0.355 e. The van der Waals surface area contributed by atoms with Crippen LogP contribution in [0, 0.1) is 5.92 Å². The first kappa shape index (κ1) is 20.6. The van der Waals surface area contributed by atoms with Crippen LogP contribution >= 0.6 is 0 Å². The van der Waals surface area contributed by atoms with Crippen LogP contribution in [0.15, 0.2) is 36.5 Å². The number of carbonyl (C=O) groups is 2. The fourth-order valence-electron chi connectivity index (χ4n) is 4.91. The van der Waals surface area contributed by atoms with Gasteiger partial charge in [-0.05, 0) is 24.8 Å². The molecule has 0 spiro atoms. The van der Waals surface area contributed by atoms with E-state index in [1.54, 1.807) is 6.92 Å². The molecular weight excluding hydrogens is 378 g/mol. The second-order valence-corrected chi connectivity index (χ2v) is 8.37. The van der Waals surface area contributed by atoms with Gasteiger partial charge in [0, 0.05) is 51.3 Å². The SMILES string of the molecule is CC(=O)N1CCCN(Cc2cn[nH]c2-c2ccccc2)CCNC(=O)C2CCCC21. The number of aromatic nitrogens is 2. The van der Waals surface area contributed by atoms with Crippen molar-refractivity contribution in [3.05, 3.63) is 42.1 Å². The topological polar surface area (TPSA) is 81.3 Å². The lowest BCUT2D eigenvalue weighted by molar-refractivity contribution is -0.134. The number of hydrogen-bond acceptors (Lipinski definition) is 4. The van der Waals surface area contributed by atoms with Crippen LogP contribution in [0.5, 0.6) is 0 Å². The van der Waals surface area contributed by atoms with Gasteiger partial charge in [0.15, 0.2) is 0 Å². The standard InChI is InChI=1S/C23H31N5O2/c1-17(29)28-13-6-12-27(14-11-24-23(30)20-9-5-10-21(20)28)16-19-15-25-26-22(19)18-7-3-2-4-8-18/h2-4,7-8,15,20-21H,5-6,9-14,16H2,1H3,(H,24,30)(H,25,26). The lowest BCUT2D eigenvalue weighted by Gasteiger charge is -2.31. The van der Waals surface area contributed by atoms with Crippen molar-refractivity contribution in [2.24, 2.45) is 5.92 Å². The van der Waals surface area contributed by atoms with E-state index in [-0.39, 0.29) is 23.8 Å². The highest BCUT2D eigenvalue weighted by molar-refractivity contribution is 5.81. The van der Waals surface area contributed by atoms with Crippen molar-refractivity contribution < 1.29 is 9.59 Å². The van der Waals surface area contributed by atoms with E-state index >= 15 is 0 Å². The number of aromatic amines is 1. The van der Waals surface area contributed by atoms with Crippen LogP contribution in [0.3, 0.4) is 0 Å². The molecule has 0 bridgehead atoms. The number of nitrogens with zero attached hydrogens (tertiary/aromatic N) is 3. The van der Waals surface area contributed by atoms with Crippen LogP contribution < -0.4 is 5.32 Å². The molecule has 2 fully saturated rings. The number of hydrogen-bond donors (Lipinski definition) is 2. The maximum atomic E-state index is 12.8. The number of carbonyl (C=O) groups excluding carboxylic acids is 2. The van der Waals surface area contributed by atoms with Crippen molar-refractivity contribution in [3.8, 4) is 11.3 Å². The van der Waals surface area contributed by atoms with Gasteiger partial charge in [-0.1, -0.05) is 36.8 Å². The molecule has 2 N–H and O–H groups in total. The van der Waals surface area contributed by atoms with E-state index in [0.29, 0.717) is 13.1 Å². The summed E-state index contributed by atoms with van der Waals surface area (Å²) < 4.78 is 0. The summed E-state index contributed by atoms with van der Waals surface area (Å²) in [5.41, 5.74) is 3.29. The Morgan fingerprint density at radius 3 is 2.77 bits per heavy atom. The number of benzene rings is 1. The highest BCUT2D eigenvalue weighted by Gasteiger charge is 2.38. The fourth-order valence-corrected chi connectivity index (χ4v) is 4.91. The summed E-state index contributed by atoms with van der Waals surface area (Å²) in [4.78, 5) is 29.4. The molecule has 2 aromatic rings. The number of fused-ring (bicyclic) bond motifs is 1. The minimum atomic E-state index is -0.0704. The van der Waals surface area contributed by atoms with E-state index in [9.17, 15) is 9.59 Å². The molecule has 2 amide bonds. The normalized spacial score (nSPS) is 23.5. The maximum Gasteiger partial charge on any atom is 0.225 e. The number of H-pyrrole nitrogens is 1. The summed E-state index contributed by atoms with van der Waals surface area (Å²) >= 11 is 0.